The highest BCUT2D eigenvalue weighted by Gasteiger charge is 2.20. The Hall–Kier alpha value is -1.06. The SMILES string of the molecule is CC[C@H](NC(=O)CC1CCCCCC1)C(=O)O. The number of carboxylic acids is 1. The normalized spacial score (nSPS) is 19.4. The molecular formula is C13H23NO3. The summed E-state index contributed by atoms with van der Waals surface area (Å²) in [6.07, 6.45) is 8.09. The first kappa shape index (κ1) is 14.0. The van der Waals surface area contributed by atoms with Crippen molar-refractivity contribution in [3.63, 3.8) is 0 Å². The van der Waals surface area contributed by atoms with Crippen molar-refractivity contribution in [2.24, 2.45) is 5.92 Å². The van der Waals surface area contributed by atoms with Crippen LogP contribution in [0.25, 0.3) is 0 Å². The second-order valence-corrected chi connectivity index (χ2v) is 4.93. The Kier molecular flexibility index (Phi) is 6.01. The molecule has 2 N–H and O–H groups in total. The summed E-state index contributed by atoms with van der Waals surface area (Å²) < 4.78 is 0. The molecule has 0 saturated heterocycles. The largest absolute Gasteiger partial charge is 0.480 e. The van der Waals surface area contributed by atoms with E-state index in [1.165, 1.54) is 25.7 Å². The number of rotatable bonds is 5. The average Bonchev–Trinajstić information content (AvgIpc) is 2.54. The molecule has 0 spiro atoms. The molecule has 1 saturated carbocycles. The Balaban J connectivity index is 2.34. The topological polar surface area (TPSA) is 66.4 Å². The van der Waals surface area contributed by atoms with Gasteiger partial charge in [0.05, 0.1) is 0 Å². The lowest BCUT2D eigenvalue weighted by molar-refractivity contribution is -0.142. The number of carboxylic acid groups (broad SMARTS) is 1. The maximum absolute atomic E-state index is 11.7. The Morgan fingerprint density at radius 2 is 1.82 bits per heavy atom. The second kappa shape index (κ2) is 7.30. The van der Waals surface area contributed by atoms with Crippen molar-refractivity contribution >= 4 is 11.9 Å². The summed E-state index contributed by atoms with van der Waals surface area (Å²) in [6.45, 7) is 1.77. The van der Waals surface area contributed by atoms with Gasteiger partial charge < -0.3 is 10.4 Å². The summed E-state index contributed by atoms with van der Waals surface area (Å²) in [4.78, 5) is 22.5. The Morgan fingerprint density at radius 1 is 1.24 bits per heavy atom. The van der Waals surface area contributed by atoms with Crippen molar-refractivity contribution in [3.05, 3.63) is 0 Å². The van der Waals surface area contributed by atoms with Gasteiger partial charge in [0.1, 0.15) is 6.04 Å². The first-order valence-electron chi connectivity index (χ1n) is 6.65. The van der Waals surface area contributed by atoms with Gasteiger partial charge in [-0.05, 0) is 25.2 Å². The fourth-order valence-corrected chi connectivity index (χ4v) is 2.42. The average molecular weight is 241 g/mol. The molecule has 4 heteroatoms. The number of carbonyl (C=O) groups is 2. The summed E-state index contributed by atoms with van der Waals surface area (Å²) in [5.41, 5.74) is 0. The van der Waals surface area contributed by atoms with Gasteiger partial charge in [-0.2, -0.15) is 0 Å². The Labute approximate surface area is 103 Å². The molecule has 0 aliphatic heterocycles. The van der Waals surface area contributed by atoms with Gasteiger partial charge in [0, 0.05) is 6.42 Å². The number of hydrogen-bond donors (Lipinski definition) is 2. The summed E-state index contributed by atoms with van der Waals surface area (Å²) in [6, 6.07) is -0.728. The van der Waals surface area contributed by atoms with Gasteiger partial charge in [0.2, 0.25) is 5.91 Å². The maximum Gasteiger partial charge on any atom is 0.326 e. The zero-order valence-corrected chi connectivity index (χ0v) is 10.6. The van der Waals surface area contributed by atoms with Crippen molar-refractivity contribution < 1.29 is 14.7 Å². The fraction of sp³-hybridized carbons (Fsp3) is 0.846. The zero-order chi connectivity index (χ0) is 12.7. The van der Waals surface area contributed by atoms with Crippen LogP contribution in [0.15, 0.2) is 0 Å². The van der Waals surface area contributed by atoms with Crippen LogP contribution in [-0.2, 0) is 9.59 Å². The molecule has 1 aliphatic carbocycles. The molecule has 0 radical (unpaired) electrons. The molecule has 1 fully saturated rings. The van der Waals surface area contributed by atoms with Gasteiger partial charge in [0.15, 0.2) is 0 Å². The fourth-order valence-electron chi connectivity index (χ4n) is 2.42. The van der Waals surface area contributed by atoms with E-state index in [0.29, 0.717) is 18.8 Å². The first-order valence-corrected chi connectivity index (χ1v) is 6.65. The lowest BCUT2D eigenvalue weighted by atomic mass is 9.96. The molecule has 0 unspecified atom stereocenters. The zero-order valence-electron chi connectivity index (χ0n) is 10.6. The van der Waals surface area contributed by atoms with Crippen LogP contribution in [-0.4, -0.2) is 23.0 Å². The van der Waals surface area contributed by atoms with E-state index in [-0.39, 0.29) is 5.91 Å². The molecule has 1 aliphatic rings. The quantitative estimate of drug-likeness (QED) is 0.726. The number of amides is 1. The predicted octanol–water partition coefficient (Wildman–Crippen LogP) is 2.33. The molecular weight excluding hydrogens is 218 g/mol. The molecule has 4 nitrogen and oxygen atoms in total. The maximum atomic E-state index is 11.7. The highest BCUT2D eigenvalue weighted by atomic mass is 16.4. The van der Waals surface area contributed by atoms with Crippen LogP contribution in [0.1, 0.15) is 58.3 Å². The molecule has 17 heavy (non-hydrogen) atoms. The number of aliphatic carboxylic acids is 1. The lowest BCUT2D eigenvalue weighted by Gasteiger charge is -2.16. The van der Waals surface area contributed by atoms with E-state index in [9.17, 15) is 9.59 Å². The smallest absolute Gasteiger partial charge is 0.326 e. The highest BCUT2D eigenvalue weighted by molar-refractivity contribution is 5.83. The summed E-state index contributed by atoms with van der Waals surface area (Å²) in [7, 11) is 0. The predicted molar refractivity (Wildman–Crippen MR) is 65.7 cm³/mol. The Bertz CT molecular complexity index is 257. The third-order valence-corrected chi connectivity index (χ3v) is 3.49. The molecule has 0 bridgehead atoms. The van der Waals surface area contributed by atoms with Gasteiger partial charge in [0.25, 0.3) is 0 Å². The molecule has 0 aromatic carbocycles. The molecule has 1 rings (SSSR count). The minimum atomic E-state index is -0.943. The van der Waals surface area contributed by atoms with Crippen LogP contribution >= 0.6 is 0 Å². The van der Waals surface area contributed by atoms with E-state index >= 15 is 0 Å². The highest BCUT2D eigenvalue weighted by Crippen LogP contribution is 2.25. The van der Waals surface area contributed by atoms with E-state index in [2.05, 4.69) is 5.32 Å². The molecule has 1 amide bonds. The monoisotopic (exact) mass is 241 g/mol. The van der Waals surface area contributed by atoms with Gasteiger partial charge in [-0.15, -0.1) is 0 Å². The van der Waals surface area contributed by atoms with Crippen LogP contribution in [0.4, 0.5) is 0 Å². The van der Waals surface area contributed by atoms with Crippen LogP contribution in [0.3, 0.4) is 0 Å². The summed E-state index contributed by atoms with van der Waals surface area (Å²) in [5, 5.41) is 11.5. The third kappa shape index (κ3) is 5.20. The standard InChI is InChI=1S/C13H23NO3/c1-2-11(13(16)17)14-12(15)9-10-7-5-3-4-6-8-10/h10-11H,2-9H2,1H3,(H,14,15)(H,16,17)/t11-/m0/s1. The van der Waals surface area contributed by atoms with E-state index < -0.39 is 12.0 Å². The Morgan fingerprint density at radius 3 is 2.29 bits per heavy atom. The molecule has 0 aromatic heterocycles. The number of hydrogen-bond acceptors (Lipinski definition) is 2. The van der Waals surface area contributed by atoms with E-state index in [0.717, 1.165) is 12.8 Å². The van der Waals surface area contributed by atoms with Gasteiger partial charge in [-0.1, -0.05) is 32.6 Å². The minimum absolute atomic E-state index is 0.105. The van der Waals surface area contributed by atoms with Crippen molar-refractivity contribution in [2.75, 3.05) is 0 Å². The van der Waals surface area contributed by atoms with Gasteiger partial charge >= 0.3 is 5.97 Å². The molecule has 1 atom stereocenters. The van der Waals surface area contributed by atoms with Crippen molar-refractivity contribution in [1.29, 1.82) is 0 Å². The van der Waals surface area contributed by atoms with Crippen molar-refractivity contribution in [1.82, 2.24) is 5.32 Å². The van der Waals surface area contributed by atoms with Crippen LogP contribution in [0.5, 0.6) is 0 Å². The van der Waals surface area contributed by atoms with Crippen molar-refractivity contribution in [3.8, 4) is 0 Å². The molecule has 0 heterocycles. The van der Waals surface area contributed by atoms with Crippen LogP contribution in [0.2, 0.25) is 0 Å². The third-order valence-electron chi connectivity index (χ3n) is 3.49. The van der Waals surface area contributed by atoms with Crippen LogP contribution in [0, 0.1) is 5.92 Å². The van der Waals surface area contributed by atoms with E-state index in [4.69, 9.17) is 5.11 Å². The number of carbonyl (C=O) groups excluding carboxylic acids is 1. The first-order chi connectivity index (χ1) is 8.13. The molecule has 98 valence electrons. The van der Waals surface area contributed by atoms with Crippen molar-refractivity contribution in [2.45, 2.75) is 64.3 Å². The van der Waals surface area contributed by atoms with E-state index in [1.807, 2.05) is 0 Å². The second-order valence-electron chi connectivity index (χ2n) is 4.93. The summed E-state index contributed by atoms with van der Waals surface area (Å²) in [5.74, 6) is -0.600. The van der Waals surface area contributed by atoms with Crippen LogP contribution < -0.4 is 5.32 Å². The summed E-state index contributed by atoms with van der Waals surface area (Å²) >= 11 is 0. The lowest BCUT2D eigenvalue weighted by Crippen LogP contribution is -2.40. The van der Waals surface area contributed by atoms with E-state index in [1.54, 1.807) is 6.92 Å². The van der Waals surface area contributed by atoms with Gasteiger partial charge in [-0.25, -0.2) is 4.79 Å². The number of nitrogens with one attached hydrogen (secondary N) is 1. The van der Waals surface area contributed by atoms with Gasteiger partial charge in [-0.3, -0.25) is 4.79 Å². The minimum Gasteiger partial charge on any atom is -0.480 e. The molecule has 0 aromatic rings.